The van der Waals surface area contributed by atoms with E-state index in [0.717, 1.165) is 13.1 Å². The van der Waals surface area contributed by atoms with E-state index in [-0.39, 0.29) is 11.3 Å². The average molecular weight is 356 g/mol. The molecule has 1 unspecified atom stereocenters. The maximum absolute atomic E-state index is 3.74. The zero-order chi connectivity index (χ0) is 17.8. The largest absolute Gasteiger partial charge is 0.311 e. The van der Waals surface area contributed by atoms with Gasteiger partial charge >= 0.3 is 0 Å². The van der Waals surface area contributed by atoms with E-state index < -0.39 is 0 Å². The molecule has 4 aliphatic heterocycles. The van der Waals surface area contributed by atoms with Crippen molar-refractivity contribution in [2.24, 2.45) is 0 Å². The summed E-state index contributed by atoms with van der Waals surface area (Å²) in [5, 5.41) is 3.74. The van der Waals surface area contributed by atoms with Crippen LogP contribution >= 0.6 is 0 Å². The summed E-state index contributed by atoms with van der Waals surface area (Å²) in [5.41, 5.74) is 1.68. The summed E-state index contributed by atoms with van der Waals surface area (Å²) in [6.45, 7) is 15.7. The summed E-state index contributed by atoms with van der Waals surface area (Å²) in [6.07, 6.45) is 1.33. The second kappa shape index (κ2) is 6.28. The van der Waals surface area contributed by atoms with Gasteiger partial charge in [-0.15, -0.1) is 0 Å². The van der Waals surface area contributed by atoms with Crippen LogP contribution in [0.4, 0.5) is 0 Å². The zero-order valence-electron chi connectivity index (χ0n) is 16.3. The molecule has 5 nitrogen and oxygen atoms in total. The van der Waals surface area contributed by atoms with E-state index in [9.17, 15) is 0 Å². The standard InChI is InChI=1S/C21H33N5/c1-20-21(2)25-12-11-23(20)9-6-10-24(20)13-14-26(21)19(17-25)16-22-15-18-7-4-3-5-8-18/h3-5,7-8,19,22H,6,9-17H2,1-2H3/t19?,20-,21+/m0/s1. The normalized spacial score (nSPS) is 38.5. The number of piperazine rings is 2. The molecule has 0 aromatic heterocycles. The lowest BCUT2D eigenvalue weighted by molar-refractivity contribution is -0.252. The van der Waals surface area contributed by atoms with Crippen LogP contribution < -0.4 is 5.32 Å². The van der Waals surface area contributed by atoms with Gasteiger partial charge in [0.05, 0.1) is 0 Å². The monoisotopic (exact) mass is 355 g/mol. The summed E-state index contributed by atoms with van der Waals surface area (Å²) in [5.74, 6) is 0. The molecule has 0 aliphatic carbocycles. The minimum Gasteiger partial charge on any atom is -0.311 e. The first-order chi connectivity index (χ1) is 12.6. The Bertz CT molecular complexity index is 643. The van der Waals surface area contributed by atoms with E-state index in [0.29, 0.717) is 6.04 Å². The second-order valence-electron chi connectivity index (χ2n) is 8.78. The first-order valence-electron chi connectivity index (χ1n) is 10.4. The van der Waals surface area contributed by atoms with Gasteiger partial charge in [-0.1, -0.05) is 30.3 Å². The summed E-state index contributed by atoms with van der Waals surface area (Å²) < 4.78 is 0. The lowest BCUT2D eigenvalue weighted by Crippen LogP contribution is -2.85. The van der Waals surface area contributed by atoms with Gasteiger partial charge in [-0.3, -0.25) is 19.6 Å². The maximum Gasteiger partial charge on any atom is 0.104 e. The highest BCUT2D eigenvalue weighted by atomic mass is 15.6. The quantitative estimate of drug-likeness (QED) is 0.876. The van der Waals surface area contributed by atoms with Crippen molar-refractivity contribution in [3.8, 4) is 0 Å². The topological polar surface area (TPSA) is 25.0 Å². The summed E-state index contributed by atoms with van der Waals surface area (Å²) in [4.78, 5) is 11.2. The van der Waals surface area contributed by atoms with Gasteiger partial charge in [-0.25, -0.2) is 0 Å². The minimum atomic E-state index is 0.142. The molecule has 3 atom stereocenters. The minimum absolute atomic E-state index is 0.142. The van der Waals surface area contributed by atoms with Gasteiger partial charge in [-0.2, -0.15) is 0 Å². The van der Waals surface area contributed by atoms with E-state index in [1.165, 1.54) is 57.8 Å². The van der Waals surface area contributed by atoms with Crippen molar-refractivity contribution in [2.45, 2.75) is 44.2 Å². The number of hydrogen-bond donors (Lipinski definition) is 1. The highest BCUT2D eigenvalue weighted by molar-refractivity contribution is 5.19. The third-order valence-electron chi connectivity index (χ3n) is 7.83. The highest BCUT2D eigenvalue weighted by Gasteiger charge is 2.67. The Kier molecular flexibility index (Phi) is 4.14. The molecule has 4 fully saturated rings. The fraction of sp³-hybridized carbons (Fsp3) is 0.714. The zero-order valence-corrected chi connectivity index (χ0v) is 16.3. The van der Waals surface area contributed by atoms with Gasteiger partial charge in [0.25, 0.3) is 0 Å². The number of rotatable bonds is 4. The molecule has 0 saturated carbocycles. The third kappa shape index (κ3) is 2.28. The van der Waals surface area contributed by atoms with Crippen molar-refractivity contribution in [3.63, 3.8) is 0 Å². The summed E-state index contributed by atoms with van der Waals surface area (Å²) >= 11 is 0. The smallest absolute Gasteiger partial charge is 0.104 e. The molecule has 1 aromatic carbocycles. The summed E-state index contributed by atoms with van der Waals surface area (Å²) in [7, 11) is 0. The van der Waals surface area contributed by atoms with Crippen molar-refractivity contribution in [1.29, 1.82) is 0 Å². The Morgan fingerprint density at radius 3 is 2.35 bits per heavy atom. The fourth-order valence-electron chi connectivity index (χ4n) is 6.32. The molecule has 142 valence electrons. The Morgan fingerprint density at radius 1 is 0.885 bits per heavy atom. The molecule has 4 saturated heterocycles. The average Bonchev–Trinajstić information content (AvgIpc) is 2.94. The van der Waals surface area contributed by atoms with E-state index in [2.05, 4.69) is 69.1 Å². The van der Waals surface area contributed by atoms with Crippen molar-refractivity contribution >= 4 is 0 Å². The van der Waals surface area contributed by atoms with E-state index in [1.807, 2.05) is 0 Å². The van der Waals surface area contributed by atoms with E-state index in [4.69, 9.17) is 0 Å². The van der Waals surface area contributed by atoms with Gasteiger partial charge < -0.3 is 5.32 Å². The number of nitrogens with one attached hydrogen (secondary N) is 1. The van der Waals surface area contributed by atoms with Crippen LogP contribution in [0.5, 0.6) is 0 Å². The van der Waals surface area contributed by atoms with E-state index >= 15 is 0 Å². The molecule has 0 bridgehead atoms. The molecule has 26 heavy (non-hydrogen) atoms. The Hall–Kier alpha value is -0.980. The second-order valence-corrected chi connectivity index (χ2v) is 8.78. The van der Waals surface area contributed by atoms with Crippen LogP contribution in [0.25, 0.3) is 0 Å². The van der Waals surface area contributed by atoms with Gasteiger partial charge in [0.15, 0.2) is 0 Å². The van der Waals surface area contributed by atoms with Crippen LogP contribution in [-0.4, -0.2) is 89.3 Å². The van der Waals surface area contributed by atoms with Gasteiger partial charge in [0.2, 0.25) is 0 Å². The van der Waals surface area contributed by atoms with Crippen LogP contribution in [-0.2, 0) is 6.54 Å². The molecule has 0 amide bonds. The lowest BCUT2D eigenvalue weighted by Gasteiger charge is -2.69. The Morgan fingerprint density at radius 2 is 1.58 bits per heavy atom. The Balaban J connectivity index is 1.34. The molecule has 4 heterocycles. The van der Waals surface area contributed by atoms with Crippen LogP contribution in [0, 0.1) is 0 Å². The SMILES string of the molecule is C[C@]12N3CCCN1CCN1C(CNCc4ccccc4)CN(CC3)[C@]12C. The predicted molar refractivity (Wildman–Crippen MR) is 105 cm³/mol. The Labute approximate surface area is 157 Å². The molecular weight excluding hydrogens is 322 g/mol. The fourth-order valence-corrected chi connectivity index (χ4v) is 6.32. The van der Waals surface area contributed by atoms with Crippen LogP contribution in [0.15, 0.2) is 30.3 Å². The number of benzene rings is 1. The molecule has 1 N–H and O–H groups in total. The number of hydrogen-bond acceptors (Lipinski definition) is 5. The molecule has 4 aliphatic rings. The predicted octanol–water partition coefficient (Wildman–Crippen LogP) is 1.23. The van der Waals surface area contributed by atoms with Crippen LogP contribution in [0.1, 0.15) is 25.8 Å². The number of nitrogens with zero attached hydrogens (tertiary/aromatic N) is 4. The molecule has 5 heteroatoms. The van der Waals surface area contributed by atoms with Gasteiger partial charge in [0, 0.05) is 64.9 Å². The van der Waals surface area contributed by atoms with Crippen LogP contribution in [0.2, 0.25) is 0 Å². The molecular formula is C21H33N5. The van der Waals surface area contributed by atoms with Crippen LogP contribution in [0.3, 0.4) is 0 Å². The molecule has 1 aromatic rings. The molecule has 5 rings (SSSR count). The van der Waals surface area contributed by atoms with Crippen molar-refractivity contribution in [1.82, 2.24) is 24.9 Å². The first-order valence-corrected chi connectivity index (χ1v) is 10.4. The van der Waals surface area contributed by atoms with Crippen molar-refractivity contribution in [2.75, 3.05) is 52.4 Å². The lowest BCUT2D eigenvalue weighted by atomic mass is 9.83. The highest BCUT2D eigenvalue weighted by Crippen LogP contribution is 2.49. The first kappa shape index (κ1) is 17.1. The van der Waals surface area contributed by atoms with Crippen molar-refractivity contribution in [3.05, 3.63) is 35.9 Å². The van der Waals surface area contributed by atoms with Gasteiger partial charge in [-0.05, 0) is 25.8 Å². The van der Waals surface area contributed by atoms with Gasteiger partial charge in [0.1, 0.15) is 11.3 Å². The van der Waals surface area contributed by atoms with Crippen molar-refractivity contribution < 1.29 is 0 Å². The summed E-state index contributed by atoms with van der Waals surface area (Å²) in [6, 6.07) is 11.4. The van der Waals surface area contributed by atoms with E-state index in [1.54, 1.807) is 0 Å². The molecule has 0 spiro atoms. The third-order valence-corrected chi connectivity index (χ3v) is 7.83. The maximum atomic E-state index is 3.74. The molecule has 0 radical (unpaired) electrons.